The molecule has 3 aromatic heterocycles. The van der Waals surface area contributed by atoms with Gasteiger partial charge in [0.25, 0.3) is 0 Å². The van der Waals surface area contributed by atoms with Crippen molar-refractivity contribution in [2.75, 3.05) is 11.1 Å². The average Bonchev–Trinajstić information content (AvgIpc) is 3.13. The van der Waals surface area contributed by atoms with Crippen molar-refractivity contribution in [3.05, 3.63) is 24.2 Å². The lowest BCUT2D eigenvalue weighted by molar-refractivity contribution is 0.555. The normalized spacial score (nSPS) is 20.6. The van der Waals surface area contributed by atoms with Gasteiger partial charge in [0.05, 0.1) is 22.2 Å². The number of rotatable bonds is 3. The summed E-state index contributed by atoms with van der Waals surface area (Å²) in [7, 11) is 0. The Labute approximate surface area is 144 Å². The van der Waals surface area contributed by atoms with Crippen molar-refractivity contribution >= 4 is 33.3 Å². The van der Waals surface area contributed by atoms with E-state index in [1.807, 2.05) is 13.0 Å². The molecule has 2 atom stereocenters. The highest BCUT2D eigenvalue weighted by Crippen LogP contribution is 2.37. The first-order valence-electron chi connectivity index (χ1n) is 8.23. The van der Waals surface area contributed by atoms with E-state index in [0.29, 0.717) is 17.9 Å². The topological polar surface area (TPSA) is 89.6 Å². The number of nitrogens with one attached hydrogen (secondary N) is 1. The fourth-order valence-electron chi connectivity index (χ4n) is 3.38. The van der Waals surface area contributed by atoms with Gasteiger partial charge in [-0.1, -0.05) is 13.3 Å². The Bertz CT molecular complexity index is 857. The van der Waals surface area contributed by atoms with Crippen LogP contribution < -0.4 is 11.1 Å². The zero-order chi connectivity index (χ0) is 16.7. The number of hydrogen-bond donors (Lipinski definition) is 2. The van der Waals surface area contributed by atoms with Gasteiger partial charge < -0.3 is 11.1 Å². The number of pyridine rings is 1. The molecule has 1 fully saturated rings. The van der Waals surface area contributed by atoms with Crippen molar-refractivity contribution in [1.29, 1.82) is 0 Å². The summed E-state index contributed by atoms with van der Waals surface area (Å²) in [6.07, 6.45) is 7.23. The van der Waals surface area contributed by atoms with Crippen LogP contribution in [0, 0.1) is 12.8 Å². The number of hydrogen-bond acceptors (Lipinski definition) is 7. The van der Waals surface area contributed by atoms with Crippen molar-refractivity contribution < 1.29 is 0 Å². The molecule has 0 aromatic carbocycles. The summed E-state index contributed by atoms with van der Waals surface area (Å²) in [6, 6.07) is 2.41. The molecule has 1 aliphatic rings. The van der Waals surface area contributed by atoms with Gasteiger partial charge in [0.1, 0.15) is 16.3 Å². The van der Waals surface area contributed by atoms with Gasteiger partial charge in [0, 0.05) is 12.2 Å². The van der Waals surface area contributed by atoms with E-state index in [-0.39, 0.29) is 0 Å². The molecule has 0 amide bonds. The Morgan fingerprint density at radius 2 is 2.12 bits per heavy atom. The van der Waals surface area contributed by atoms with Crippen LogP contribution in [0.25, 0.3) is 20.8 Å². The molecule has 3 heterocycles. The van der Waals surface area contributed by atoms with Gasteiger partial charge in [-0.05, 0) is 31.7 Å². The second kappa shape index (κ2) is 5.98. The molecule has 0 saturated heterocycles. The molecule has 2 unspecified atom stereocenters. The molecule has 0 bridgehead atoms. The Kier molecular flexibility index (Phi) is 3.80. The van der Waals surface area contributed by atoms with Crippen LogP contribution in [0.5, 0.6) is 0 Å². The van der Waals surface area contributed by atoms with Gasteiger partial charge in [-0.25, -0.2) is 9.97 Å². The third-order valence-electron chi connectivity index (χ3n) is 4.69. The molecule has 4 rings (SSSR count). The van der Waals surface area contributed by atoms with Crippen LogP contribution in [0.2, 0.25) is 0 Å². The van der Waals surface area contributed by atoms with Crippen LogP contribution in [-0.2, 0) is 0 Å². The number of anilines is 2. The quantitative estimate of drug-likeness (QED) is 0.756. The van der Waals surface area contributed by atoms with E-state index in [4.69, 9.17) is 10.7 Å². The summed E-state index contributed by atoms with van der Waals surface area (Å²) in [5, 5.41) is 4.51. The van der Waals surface area contributed by atoms with E-state index in [1.54, 1.807) is 23.7 Å². The van der Waals surface area contributed by atoms with Crippen LogP contribution in [0.15, 0.2) is 18.5 Å². The minimum absolute atomic E-state index is 0.298. The Hall–Kier alpha value is -2.28. The monoisotopic (exact) mass is 340 g/mol. The van der Waals surface area contributed by atoms with Crippen LogP contribution in [0.4, 0.5) is 11.8 Å². The lowest BCUT2D eigenvalue weighted by Gasteiger charge is -2.20. The first kappa shape index (κ1) is 15.3. The maximum Gasteiger partial charge on any atom is 0.222 e. The van der Waals surface area contributed by atoms with E-state index >= 15 is 0 Å². The first-order chi connectivity index (χ1) is 11.6. The molecule has 1 saturated carbocycles. The predicted octanol–water partition coefficient (Wildman–Crippen LogP) is 3.64. The van der Waals surface area contributed by atoms with Gasteiger partial charge in [-0.15, -0.1) is 11.3 Å². The van der Waals surface area contributed by atoms with E-state index in [9.17, 15) is 0 Å². The number of nitrogens with two attached hydrogens (primary N) is 1. The molecule has 0 aliphatic heterocycles. The smallest absolute Gasteiger partial charge is 0.222 e. The molecule has 0 spiro atoms. The summed E-state index contributed by atoms with van der Waals surface area (Å²) >= 11 is 1.63. The molecule has 124 valence electrons. The molecule has 7 heteroatoms. The predicted molar refractivity (Wildman–Crippen MR) is 98.0 cm³/mol. The number of nitrogens with zero attached hydrogens (tertiary/aromatic N) is 4. The standard InChI is InChI=1S/C17H20N6S/c1-9-4-3-5-11(9)21-15-14(10(2)20-17(18)23-15)16-22-12-8-19-7-6-13(12)24-16/h6-9,11H,3-5H2,1-2H3,(H3,18,20,21,23). The zero-order valence-electron chi connectivity index (χ0n) is 13.8. The number of aromatic nitrogens is 4. The van der Waals surface area contributed by atoms with Crippen LogP contribution >= 0.6 is 11.3 Å². The van der Waals surface area contributed by atoms with E-state index < -0.39 is 0 Å². The summed E-state index contributed by atoms with van der Waals surface area (Å²) < 4.78 is 1.11. The summed E-state index contributed by atoms with van der Waals surface area (Å²) in [5.41, 5.74) is 8.60. The molecular weight excluding hydrogens is 320 g/mol. The van der Waals surface area contributed by atoms with Crippen LogP contribution in [0.3, 0.4) is 0 Å². The lowest BCUT2D eigenvalue weighted by atomic mass is 10.1. The largest absolute Gasteiger partial charge is 0.368 e. The van der Waals surface area contributed by atoms with Crippen LogP contribution in [0.1, 0.15) is 31.9 Å². The molecule has 3 N–H and O–H groups in total. The fourth-order valence-corrected chi connectivity index (χ4v) is 4.41. The Morgan fingerprint density at radius 3 is 2.88 bits per heavy atom. The second-order valence-corrected chi connectivity index (χ2v) is 7.44. The SMILES string of the molecule is Cc1nc(N)nc(NC2CCCC2C)c1-c1nc2cnccc2s1. The number of fused-ring (bicyclic) bond motifs is 1. The van der Waals surface area contributed by atoms with Crippen molar-refractivity contribution in [2.24, 2.45) is 5.92 Å². The maximum atomic E-state index is 5.90. The lowest BCUT2D eigenvalue weighted by Crippen LogP contribution is -2.23. The van der Waals surface area contributed by atoms with Gasteiger partial charge in [-0.3, -0.25) is 4.98 Å². The van der Waals surface area contributed by atoms with E-state index in [2.05, 4.69) is 27.2 Å². The van der Waals surface area contributed by atoms with E-state index in [1.165, 1.54) is 12.8 Å². The molecular formula is C17H20N6S. The van der Waals surface area contributed by atoms with Gasteiger partial charge >= 0.3 is 0 Å². The summed E-state index contributed by atoms with van der Waals surface area (Å²) in [5.74, 6) is 1.73. The molecule has 0 radical (unpaired) electrons. The number of thiazole rings is 1. The van der Waals surface area contributed by atoms with Gasteiger partial charge in [0.15, 0.2) is 0 Å². The molecule has 1 aliphatic carbocycles. The Balaban J connectivity index is 1.81. The van der Waals surface area contributed by atoms with Gasteiger partial charge in [-0.2, -0.15) is 4.98 Å². The maximum absolute atomic E-state index is 5.90. The van der Waals surface area contributed by atoms with Crippen molar-refractivity contribution in [3.63, 3.8) is 0 Å². The molecule has 24 heavy (non-hydrogen) atoms. The second-order valence-electron chi connectivity index (χ2n) is 6.41. The number of nitrogen functional groups attached to an aromatic ring is 1. The van der Waals surface area contributed by atoms with E-state index in [0.717, 1.165) is 38.7 Å². The third kappa shape index (κ3) is 2.69. The van der Waals surface area contributed by atoms with Crippen LogP contribution in [-0.4, -0.2) is 26.0 Å². The molecule has 6 nitrogen and oxygen atoms in total. The minimum atomic E-state index is 0.298. The fraction of sp³-hybridized carbons (Fsp3) is 0.412. The van der Waals surface area contributed by atoms with Crippen molar-refractivity contribution in [1.82, 2.24) is 19.9 Å². The average molecular weight is 340 g/mol. The first-order valence-corrected chi connectivity index (χ1v) is 9.05. The highest BCUT2D eigenvalue weighted by molar-refractivity contribution is 7.21. The number of aryl methyl sites for hydroxylation is 1. The summed E-state index contributed by atoms with van der Waals surface area (Å²) in [4.78, 5) is 17.7. The highest BCUT2D eigenvalue weighted by atomic mass is 32.1. The van der Waals surface area contributed by atoms with Crippen molar-refractivity contribution in [3.8, 4) is 10.6 Å². The third-order valence-corrected chi connectivity index (χ3v) is 5.75. The molecule has 3 aromatic rings. The minimum Gasteiger partial charge on any atom is -0.368 e. The zero-order valence-corrected chi connectivity index (χ0v) is 14.6. The van der Waals surface area contributed by atoms with Crippen molar-refractivity contribution in [2.45, 2.75) is 39.2 Å². The summed E-state index contributed by atoms with van der Waals surface area (Å²) in [6.45, 7) is 4.24. The van der Waals surface area contributed by atoms with Gasteiger partial charge in [0.2, 0.25) is 5.95 Å². The Morgan fingerprint density at radius 1 is 1.25 bits per heavy atom. The highest BCUT2D eigenvalue weighted by Gasteiger charge is 2.26.